The van der Waals surface area contributed by atoms with Crippen LogP contribution in [0.1, 0.15) is 27.4 Å². The minimum Gasteiger partial charge on any atom is -0.457 e. The van der Waals surface area contributed by atoms with Crippen LogP contribution >= 0.6 is 0 Å². The summed E-state index contributed by atoms with van der Waals surface area (Å²) in [7, 11) is 0. The first kappa shape index (κ1) is 17.2. The zero-order valence-corrected chi connectivity index (χ0v) is 14.8. The van der Waals surface area contributed by atoms with Gasteiger partial charge in [0.25, 0.3) is 5.91 Å². The quantitative estimate of drug-likeness (QED) is 0.757. The van der Waals surface area contributed by atoms with Gasteiger partial charge in [0.1, 0.15) is 11.5 Å². The maximum absolute atomic E-state index is 11.3. The SMILES string of the molecule is NC(=O)c1n[c]c2c(n1)CN(Cc1ccc(Oc3ccccc3)cc1)CC2. The molecule has 1 radical (unpaired) electrons. The Kier molecular flexibility index (Phi) is 4.80. The Morgan fingerprint density at radius 3 is 2.59 bits per heavy atom. The zero-order valence-electron chi connectivity index (χ0n) is 14.8. The van der Waals surface area contributed by atoms with Crippen LogP contribution in [0.25, 0.3) is 0 Å². The van der Waals surface area contributed by atoms with E-state index in [1.165, 1.54) is 5.56 Å². The number of ether oxygens (including phenoxy) is 1. The number of nitrogens with two attached hydrogens (primary N) is 1. The lowest BCUT2D eigenvalue weighted by Crippen LogP contribution is -2.32. The van der Waals surface area contributed by atoms with Crippen molar-refractivity contribution in [3.05, 3.63) is 83.4 Å². The lowest BCUT2D eigenvalue weighted by molar-refractivity contribution is 0.0989. The van der Waals surface area contributed by atoms with Gasteiger partial charge in [0, 0.05) is 25.2 Å². The molecule has 0 atom stereocenters. The van der Waals surface area contributed by atoms with Crippen molar-refractivity contribution in [3.63, 3.8) is 0 Å². The minimum atomic E-state index is -0.625. The van der Waals surface area contributed by atoms with Crippen LogP contribution in [0.5, 0.6) is 11.5 Å². The van der Waals surface area contributed by atoms with Gasteiger partial charge in [-0.25, -0.2) is 9.97 Å². The summed E-state index contributed by atoms with van der Waals surface area (Å²) < 4.78 is 5.83. The van der Waals surface area contributed by atoms with Crippen LogP contribution in [0.4, 0.5) is 0 Å². The third-order valence-electron chi connectivity index (χ3n) is 4.47. The van der Waals surface area contributed by atoms with Gasteiger partial charge in [0.05, 0.1) is 11.9 Å². The van der Waals surface area contributed by atoms with Crippen LogP contribution in [0.2, 0.25) is 0 Å². The van der Waals surface area contributed by atoms with Gasteiger partial charge in [-0.15, -0.1) is 0 Å². The molecule has 2 N–H and O–H groups in total. The molecule has 4 rings (SSSR count). The van der Waals surface area contributed by atoms with Gasteiger partial charge in [-0.1, -0.05) is 30.3 Å². The number of primary amides is 1. The number of para-hydroxylation sites is 1. The molecule has 27 heavy (non-hydrogen) atoms. The molecule has 6 heteroatoms. The van der Waals surface area contributed by atoms with Crippen molar-refractivity contribution in [1.29, 1.82) is 0 Å². The van der Waals surface area contributed by atoms with Gasteiger partial charge < -0.3 is 10.5 Å². The summed E-state index contributed by atoms with van der Waals surface area (Å²) in [5, 5.41) is 0. The Labute approximate surface area is 157 Å². The molecule has 0 bridgehead atoms. The second-order valence-corrected chi connectivity index (χ2v) is 6.47. The predicted molar refractivity (Wildman–Crippen MR) is 100 cm³/mol. The maximum Gasteiger partial charge on any atom is 0.286 e. The minimum absolute atomic E-state index is 0.0259. The Morgan fingerprint density at radius 1 is 1.11 bits per heavy atom. The number of carbonyl (C=O) groups is 1. The van der Waals surface area contributed by atoms with E-state index >= 15 is 0 Å². The maximum atomic E-state index is 11.3. The van der Waals surface area contributed by atoms with Gasteiger partial charge in [-0.2, -0.15) is 0 Å². The van der Waals surface area contributed by atoms with E-state index in [9.17, 15) is 4.79 Å². The molecule has 0 fully saturated rings. The fourth-order valence-electron chi connectivity index (χ4n) is 3.09. The average Bonchev–Trinajstić information content (AvgIpc) is 2.70. The number of carbonyl (C=O) groups excluding carboxylic acids is 1. The van der Waals surface area contributed by atoms with Crippen molar-refractivity contribution < 1.29 is 9.53 Å². The predicted octanol–water partition coefficient (Wildman–Crippen LogP) is 2.73. The molecule has 0 saturated carbocycles. The highest BCUT2D eigenvalue weighted by atomic mass is 16.5. The van der Waals surface area contributed by atoms with E-state index in [0.717, 1.165) is 42.3 Å². The molecule has 1 aromatic heterocycles. The summed E-state index contributed by atoms with van der Waals surface area (Å²) >= 11 is 0. The first-order valence-corrected chi connectivity index (χ1v) is 8.79. The summed E-state index contributed by atoms with van der Waals surface area (Å²) in [6, 6.07) is 17.8. The molecular formula is C21H19N4O2. The lowest BCUT2D eigenvalue weighted by Gasteiger charge is -2.27. The second kappa shape index (κ2) is 7.55. The van der Waals surface area contributed by atoms with Crippen molar-refractivity contribution >= 4 is 5.91 Å². The molecular weight excluding hydrogens is 340 g/mol. The number of nitrogens with zero attached hydrogens (tertiary/aromatic N) is 3. The van der Waals surface area contributed by atoms with Gasteiger partial charge in [0.15, 0.2) is 0 Å². The van der Waals surface area contributed by atoms with Crippen LogP contribution in [0, 0.1) is 6.20 Å². The van der Waals surface area contributed by atoms with Crippen LogP contribution in [-0.2, 0) is 19.5 Å². The van der Waals surface area contributed by atoms with Crippen LogP contribution in [-0.4, -0.2) is 27.3 Å². The van der Waals surface area contributed by atoms with Gasteiger partial charge in [-0.05, 0) is 36.2 Å². The van der Waals surface area contributed by atoms with Crippen molar-refractivity contribution in [2.45, 2.75) is 19.5 Å². The topological polar surface area (TPSA) is 81.3 Å². The molecule has 1 aliphatic heterocycles. The van der Waals surface area contributed by atoms with E-state index in [1.54, 1.807) is 0 Å². The largest absolute Gasteiger partial charge is 0.457 e. The smallest absolute Gasteiger partial charge is 0.286 e. The van der Waals surface area contributed by atoms with E-state index < -0.39 is 5.91 Å². The van der Waals surface area contributed by atoms with Crippen LogP contribution in [0.15, 0.2) is 54.6 Å². The number of amides is 1. The highest BCUT2D eigenvalue weighted by molar-refractivity contribution is 5.88. The summed E-state index contributed by atoms with van der Waals surface area (Å²) in [6.45, 7) is 2.34. The average molecular weight is 359 g/mol. The number of hydrogen-bond acceptors (Lipinski definition) is 5. The Balaban J connectivity index is 1.41. The number of benzene rings is 2. The lowest BCUT2D eigenvalue weighted by atomic mass is 10.1. The molecule has 6 nitrogen and oxygen atoms in total. The van der Waals surface area contributed by atoms with Crippen LogP contribution in [0.3, 0.4) is 0 Å². The first-order chi connectivity index (χ1) is 13.2. The summed E-state index contributed by atoms with van der Waals surface area (Å²) in [5.41, 5.74) is 8.24. The van der Waals surface area contributed by atoms with Gasteiger partial charge in [-0.3, -0.25) is 9.69 Å². The molecule has 1 amide bonds. The van der Waals surface area contributed by atoms with E-state index in [-0.39, 0.29) is 5.82 Å². The molecule has 0 saturated heterocycles. The fraction of sp³-hybridized carbons (Fsp3) is 0.190. The van der Waals surface area contributed by atoms with Gasteiger partial charge >= 0.3 is 0 Å². The Hall–Kier alpha value is -3.25. The Morgan fingerprint density at radius 2 is 1.85 bits per heavy atom. The normalized spacial score (nSPS) is 13.8. The van der Waals surface area contributed by atoms with Crippen molar-refractivity contribution in [3.8, 4) is 11.5 Å². The number of aromatic nitrogens is 2. The molecule has 0 spiro atoms. The molecule has 1 aliphatic rings. The van der Waals surface area contributed by atoms with E-state index in [2.05, 4.69) is 33.2 Å². The molecule has 0 aliphatic carbocycles. The van der Waals surface area contributed by atoms with Crippen LogP contribution < -0.4 is 10.5 Å². The van der Waals surface area contributed by atoms with E-state index in [0.29, 0.717) is 6.54 Å². The highest BCUT2D eigenvalue weighted by Crippen LogP contribution is 2.23. The molecule has 2 heterocycles. The Bertz CT molecular complexity index is 942. The molecule has 2 aromatic carbocycles. The monoisotopic (exact) mass is 359 g/mol. The number of fused-ring (bicyclic) bond motifs is 1. The highest BCUT2D eigenvalue weighted by Gasteiger charge is 2.20. The number of hydrogen-bond donors (Lipinski definition) is 1. The fourth-order valence-corrected chi connectivity index (χ4v) is 3.09. The van der Waals surface area contributed by atoms with Gasteiger partial charge in [0.2, 0.25) is 5.82 Å². The second-order valence-electron chi connectivity index (χ2n) is 6.47. The standard InChI is InChI=1S/C21H19N4O2/c22-20(26)21-23-12-16-10-11-25(14-19(16)24-21)13-15-6-8-18(9-7-15)27-17-4-2-1-3-5-17/h1-9H,10-11,13-14H2,(H2,22,26). The third-order valence-corrected chi connectivity index (χ3v) is 4.47. The van der Waals surface area contributed by atoms with Crippen molar-refractivity contribution in [1.82, 2.24) is 14.9 Å². The first-order valence-electron chi connectivity index (χ1n) is 8.79. The molecule has 0 unspecified atom stereocenters. The number of rotatable bonds is 5. The van der Waals surface area contributed by atoms with E-state index in [1.807, 2.05) is 42.5 Å². The zero-order chi connectivity index (χ0) is 18.6. The summed E-state index contributed by atoms with van der Waals surface area (Å²) in [6.07, 6.45) is 3.71. The molecule has 3 aromatic rings. The molecule has 135 valence electrons. The third kappa shape index (κ3) is 4.12. The van der Waals surface area contributed by atoms with Crippen molar-refractivity contribution in [2.24, 2.45) is 5.73 Å². The van der Waals surface area contributed by atoms with E-state index in [4.69, 9.17) is 10.5 Å². The summed E-state index contributed by atoms with van der Waals surface area (Å²) in [4.78, 5) is 21.7. The summed E-state index contributed by atoms with van der Waals surface area (Å²) in [5.74, 6) is 1.03. The van der Waals surface area contributed by atoms with Crippen molar-refractivity contribution in [2.75, 3.05) is 6.54 Å².